The molecular formula is C20H21NO4S. The first-order valence-electron chi connectivity index (χ1n) is 8.36. The maximum absolute atomic E-state index is 11.5. The molecule has 0 aliphatic carbocycles. The van der Waals surface area contributed by atoms with E-state index in [4.69, 9.17) is 4.42 Å². The van der Waals surface area contributed by atoms with Crippen LogP contribution in [0.3, 0.4) is 0 Å². The quantitative estimate of drug-likeness (QED) is 0.728. The molecule has 0 aliphatic rings. The molecule has 1 unspecified atom stereocenters. The van der Waals surface area contributed by atoms with Crippen LogP contribution in [0.1, 0.15) is 30.9 Å². The SMILES string of the molecule is CCC(O)c1nc(-c2ccc(-c3ccc(S(C)(=O)=O)cc3)cc2)oc1C. The van der Waals surface area contributed by atoms with Crippen molar-refractivity contribution in [2.75, 3.05) is 6.26 Å². The number of aliphatic hydroxyl groups excluding tert-OH is 1. The number of aryl methyl sites for hydroxylation is 1. The Bertz CT molecular complexity index is 1000. The molecule has 1 atom stereocenters. The molecule has 0 bridgehead atoms. The van der Waals surface area contributed by atoms with Gasteiger partial charge in [-0.15, -0.1) is 0 Å². The first-order chi connectivity index (χ1) is 12.3. The molecule has 3 aromatic rings. The van der Waals surface area contributed by atoms with E-state index >= 15 is 0 Å². The molecule has 3 rings (SSSR count). The van der Waals surface area contributed by atoms with Crippen LogP contribution < -0.4 is 0 Å². The number of aliphatic hydroxyl groups is 1. The summed E-state index contributed by atoms with van der Waals surface area (Å²) in [5.41, 5.74) is 3.28. The van der Waals surface area contributed by atoms with Gasteiger partial charge in [-0.25, -0.2) is 13.4 Å². The summed E-state index contributed by atoms with van der Waals surface area (Å²) < 4.78 is 28.8. The summed E-state index contributed by atoms with van der Waals surface area (Å²) in [4.78, 5) is 4.71. The number of sulfone groups is 1. The minimum absolute atomic E-state index is 0.301. The number of oxazole rings is 1. The van der Waals surface area contributed by atoms with E-state index in [1.54, 1.807) is 31.2 Å². The first-order valence-corrected chi connectivity index (χ1v) is 10.2. The van der Waals surface area contributed by atoms with Gasteiger partial charge in [-0.3, -0.25) is 0 Å². The zero-order chi connectivity index (χ0) is 18.9. The summed E-state index contributed by atoms with van der Waals surface area (Å²) in [5.74, 6) is 1.10. The van der Waals surface area contributed by atoms with Crippen LogP contribution in [-0.4, -0.2) is 24.8 Å². The summed E-state index contributed by atoms with van der Waals surface area (Å²) in [6, 6.07) is 14.4. The number of nitrogens with zero attached hydrogens (tertiary/aromatic N) is 1. The highest BCUT2D eigenvalue weighted by Crippen LogP contribution is 2.29. The number of rotatable bonds is 5. The van der Waals surface area contributed by atoms with Crippen LogP contribution in [0, 0.1) is 6.92 Å². The Labute approximate surface area is 153 Å². The third-order valence-electron chi connectivity index (χ3n) is 4.28. The number of benzene rings is 2. The molecule has 0 fully saturated rings. The van der Waals surface area contributed by atoms with Crippen LogP contribution in [0.2, 0.25) is 0 Å². The standard InChI is InChI=1S/C20H21NO4S/c1-4-18(22)19-13(2)25-20(21-19)16-7-5-14(6-8-16)15-9-11-17(12-10-15)26(3,23)24/h5-12,18,22H,4H2,1-3H3. The second-order valence-electron chi connectivity index (χ2n) is 6.26. The second-order valence-corrected chi connectivity index (χ2v) is 8.27. The fraction of sp³-hybridized carbons (Fsp3) is 0.250. The molecule has 6 heteroatoms. The van der Waals surface area contributed by atoms with Crippen LogP contribution in [-0.2, 0) is 9.84 Å². The van der Waals surface area contributed by atoms with Crippen LogP contribution in [0.4, 0.5) is 0 Å². The van der Waals surface area contributed by atoms with Crippen molar-refractivity contribution in [3.05, 3.63) is 60.0 Å². The molecule has 0 saturated carbocycles. The van der Waals surface area contributed by atoms with Gasteiger partial charge in [0.2, 0.25) is 5.89 Å². The van der Waals surface area contributed by atoms with Gasteiger partial charge < -0.3 is 9.52 Å². The molecule has 136 valence electrons. The highest BCUT2D eigenvalue weighted by Gasteiger charge is 2.17. The molecule has 1 aromatic heterocycles. The zero-order valence-electron chi connectivity index (χ0n) is 14.9. The predicted molar refractivity (Wildman–Crippen MR) is 100 cm³/mol. The topological polar surface area (TPSA) is 80.4 Å². The average molecular weight is 371 g/mol. The Balaban J connectivity index is 1.87. The second kappa shape index (κ2) is 7.05. The van der Waals surface area contributed by atoms with Crippen molar-refractivity contribution >= 4 is 9.84 Å². The molecule has 0 spiro atoms. The van der Waals surface area contributed by atoms with Gasteiger partial charge in [0, 0.05) is 11.8 Å². The van der Waals surface area contributed by atoms with Crippen molar-refractivity contribution < 1.29 is 17.9 Å². The van der Waals surface area contributed by atoms with Crippen molar-refractivity contribution in [2.45, 2.75) is 31.3 Å². The smallest absolute Gasteiger partial charge is 0.226 e. The van der Waals surface area contributed by atoms with Gasteiger partial charge >= 0.3 is 0 Å². The van der Waals surface area contributed by atoms with E-state index in [1.165, 1.54) is 6.26 Å². The largest absolute Gasteiger partial charge is 0.441 e. The van der Waals surface area contributed by atoms with Gasteiger partial charge in [-0.2, -0.15) is 0 Å². The number of hydrogen-bond acceptors (Lipinski definition) is 5. The van der Waals surface area contributed by atoms with E-state index in [2.05, 4.69) is 4.98 Å². The van der Waals surface area contributed by atoms with Gasteiger partial charge in [0.25, 0.3) is 0 Å². The lowest BCUT2D eigenvalue weighted by atomic mass is 10.0. The van der Waals surface area contributed by atoms with E-state index in [-0.39, 0.29) is 0 Å². The lowest BCUT2D eigenvalue weighted by molar-refractivity contribution is 0.167. The Morgan fingerprint density at radius 1 is 1.00 bits per heavy atom. The van der Waals surface area contributed by atoms with E-state index in [9.17, 15) is 13.5 Å². The molecule has 0 aliphatic heterocycles. The number of hydrogen-bond donors (Lipinski definition) is 1. The first kappa shape index (κ1) is 18.4. The van der Waals surface area contributed by atoms with Crippen molar-refractivity contribution in [3.63, 3.8) is 0 Å². The third kappa shape index (κ3) is 3.71. The van der Waals surface area contributed by atoms with Crippen LogP contribution in [0.5, 0.6) is 0 Å². The lowest BCUT2D eigenvalue weighted by Gasteiger charge is -2.04. The molecule has 1 N–H and O–H groups in total. The molecule has 26 heavy (non-hydrogen) atoms. The van der Waals surface area contributed by atoms with Crippen molar-refractivity contribution in [1.82, 2.24) is 4.98 Å². The molecule has 2 aromatic carbocycles. The lowest BCUT2D eigenvalue weighted by Crippen LogP contribution is -1.97. The molecule has 0 radical (unpaired) electrons. The monoisotopic (exact) mass is 371 g/mol. The van der Waals surface area contributed by atoms with Gasteiger partial charge in [0.15, 0.2) is 9.84 Å². The van der Waals surface area contributed by atoms with Crippen molar-refractivity contribution in [3.8, 4) is 22.6 Å². The van der Waals surface area contributed by atoms with Gasteiger partial charge in [-0.05, 0) is 48.7 Å². The summed E-state index contributed by atoms with van der Waals surface area (Å²) >= 11 is 0. The minimum atomic E-state index is -3.20. The van der Waals surface area contributed by atoms with Crippen LogP contribution in [0.15, 0.2) is 57.8 Å². The predicted octanol–water partition coefficient (Wildman–Crippen LogP) is 4.16. The molecule has 0 saturated heterocycles. The van der Waals surface area contributed by atoms with E-state index in [0.29, 0.717) is 28.7 Å². The highest BCUT2D eigenvalue weighted by molar-refractivity contribution is 7.90. The fourth-order valence-electron chi connectivity index (χ4n) is 2.73. The number of aromatic nitrogens is 1. The highest BCUT2D eigenvalue weighted by atomic mass is 32.2. The van der Waals surface area contributed by atoms with Gasteiger partial charge in [-0.1, -0.05) is 31.2 Å². The third-order valence-corrected chi connectivity index (χ3v) is 5.41. The average Bonchev–Trinajstić information content (AvgIpc) is 3.02. The zero-order valence-corrected chi connectivity index (χ0v) is 15.7. The normalized spacial score (nSPS) is 12.9. The Hall–Kier alpha value is -2.44. The maximum Gasteiger partial charge on any atom is 0.226 e. The fourth-order valence-corrected chi connectivity index (χ4v) is 3.36. The minimum Gasteiger partial charge on any atom is -0.441 e. The molecule has 0 amide bonds. The van der Waals surface area contributed by atoms with E-state index in [0.717, 1.165) is 16.7 Å². The van der Waals surface area contributed by atoms with Gasteiger partial charge in [0.05, 0.1) is 11.0 Å². The van der Waals surface area contributed by atoms with Crippen molar-refractivity contribution in [1.29, 1.82) is 0 Å². The summed E-state index contributed by atoms with van der Waals surface area (Å²) in [7, 11) is -3.20. The Morgan fingerprint density at radius 3 is 2.00 bits per heavy atom. The van der Waals surface area contributed by atoms with Crippen molar-refractivity contribution in [2.24, 2.45) is 0 Å². The summed E-state index contributed by atoms with van der Waals surface area (Å²) in [6.07, 6.45) is 1.15. The molecule has 1 heterocycles. The Kier molecular flexibility index (Phi) is 4.98. The summed E-state index contributed by atoms with van der Waals surface area (Å²) in [5, 5.41) is 9.98. The molecule has 5 nitrogen and oxygen atoms in total. The van der Waals surface area contributed by atoms with E-state index < -0.39 is 15.9 Å². The van der Waals surface area contributed by atoms with Gasteiger partial charge in [0.1, 0.15) is 11.5 Å². The Morgan fingerprint density at radius 2 is 1.50 bits per heavy atom. The maximum atomic E-state index is 11.5. The summed E-state index contributed by atoms with van der Waals surface area (Å²) in [6.45, 7) is 3.69. The van der Waals surface area contributed by atoms with E-state index in [1.807, 2.05) is 31.2 Å². The van der Waals surface area contributed by atoms with Crippen LogP contribution in [0.25, 0.3) is 22.6 Å². The molecular weight excluding hydrogens is 350 g/mol. The van der Waals surface area contributed by atoms with Crippen LogP contribution >= 0.6 is 0 Å².